The van der Waals surface area contributed by atoms with Gasteiger partial charge in [0.2, 0.25) is 0 Å². The molecule has 0 aliphatic carbocycles. The van der Waals surface area contributed by atoms with Crippen LogP contribution >= 0.6 is 15.9 Å². The van der Waals surface area contributed by atoms with Crippen LogP contribution in [0.4, 0.5) is 14.6 Å². The molecule has 18 heavy (non-hydrogen) atoms. The molecule has 3 nitrogen and oxygen atoms in total. The molecule has 0 unspecified atom stereocenters. The fraction of sp³-hybridized carbons (Fsp3) is 0.167. The topological polar surface area (TPSA) is 37.8 Å². The zero-order valence-electron chi connectivity index (χ0n) is 9.76. The Morgan fingerprint density at radius 2 is 1.94 bits per heavy atom. The lowest BCUT2D eigenvalue weighted by Gasteiger charge is -2.11. The van der Waals surface area contributed by atoms with E-state index in [0.717, 1.165) is 0 Å². The number of aromatic nitrogens is 2. The van der Waals surface area contributed by atoms with Crippen LogP contribution in [-0.2, 0) is 0 Å². The Morgan fingerprint density at radius 3 is 2.61 bits per heavy atom. The second-order valence-corrected chi connectivity index (χ2v) is 4.52. The Balaban J connectivity index is 2.73. The van der Waals surface area contributed by atoms with E-state index >= 15 is 0 Å². The van der Waals surface area contributed by atoms with Gasteiger partial charge in [0, 0.05) is 12.6 Å². The van der Waals surface area contributed by atoms with E-state index in [0.29, 0.717) is 11.4 Å². The van der Waals surface area contributed by atoms with Crippen LogP contribution in [0.25, 0.3) is 11.3 Å². The van der Waals surface area contributed by atoms with Gasteiger partial charge in [-0.3, -0.25) is 0 Å². The van der Waals surface area contributed by atoms with E-state index in [9.17, 15) is 8.78 Å². The van der Waals surface area contributed by atoms with Crippen molar-refractivity contribution >= 4 is 21.7 Å². The van der Waals surface area contributed by atoms with Crippen LogP contribution in [0.5, 0.6) is 0 Å². The number of hydrogen-bond donors (Lipinski definition) is 1. The molecule has 2 rings (SSSR count). The molecule has 0 radical (unpaired) electrons. The summed E-state index contributed by atoms with van der Waals surface area (Å²) in [6.07, 6.45) is 1.27. The molecule has 1 N–H and O–H groups in total. The summed E-state index contributed by atoms with van der Waals surface area (Å²) in [4.78, 5) is 7.95. The van der Waals surface area contributed by atoms with Crippen molar-refractivity contribution in [2.24, 2.45) is 0 Å². The molecule has 0 bridgehead atoms. The summed E-state index contributed by atoms with van der Waals surface area (Å²) in [5, 5.41) is 2.85. The second-order valence-electron chi connectivity index (χ2n) is 3.66. The number of nitrogens with one attached hydrogen (secondary N) is 1. The number of nitrogens with zero attached hydrogens (tertiary/aromatic N) is 2. The van der Waals surface area contributed by atoms with Gasteiger partial charge < -0.3 is 5.32 Å². The van der Waals surface area contributed by atoms with Crippen molar-refractivity contribution in [1.29, 1.82) is 0 Å². The summed E-state index contributed by atoms with van der Waals surface area (Å²) < 4.78 is 28.0. The molecule has 6 heteroatoms. The van der Waals surface area contributed by atoms with Gasteiger partial charge in [-0.15, -0.1) is 0 Å². The first kappa shape index (κ1) is 12.9. The van der Waals surface area contributed by atoms with E-state index in [1.165, 1.54) is 18.5 Å². The fourth-order valence-corrected chi connectivity index (χ4v) is 2.03. The molecule has 0 saturated carbocycles. The Hall–Kier alpha value is -1.56. The number of benzene rings is 1. The normalized spacial score (nSPS) is 10.5. The lowest BCUT2D eigenvalue weighted by Crippen LogP contribution is -2.02. The van der Waals surface area contributed by atoms with Crippen LogP contribution in [0.3, 0.4) is 0 Å². The summed E-state index contributed by atoms with van der Waals surface area (Å²) in [5.74, 6) is -0.780. The van der Waals surface area contributed by atoms with Crippen molar-refractivity contribution in [3.63, 3.8) is 0 Å². The summed E-state index contributed by atoms with van der Waals surface area (Å²) >= 11 is 3.04. The largest absolute Gasteiger partial charge is 0.373 e. The smallest absolute Gasteiger partial charge is 0.149 e. The molecule has 94 valence electrons. The summed E-state index contributed by atoms with van der Waals surface area (Å²) in [7, 11) is 1.69. The molecule has 2 aromatic rings. The van der Waals surface area contributed by atoms with E-state index in [4.69, 9.17) is 0 Å². The van der Waals surface area contributed by atoms with Gasteiger partial charge in [-0.25, -0.2) is 18.7 Å². The third-order valence-electron chi connectivity index (χ3n) is 2.60. The van der Waals surface area contributed by atoms with Gasteiger partial charge in [0.1, 0.15) is 23.8 Å². The van der Waals surface area contributed by atoms with Gasteiger partial charge in [0.15, 0.2) is 0 Å². The number of hydrogen-bond acceptors (Lipinski definition) is 3. The first-order chi connectivity index (χ1) is 8.56. The molecule has 1 aromatic heterocycles. The SMILES string of the molecule is CNc1ncnc(-c2c(F)ccc(Br)c2F)c1C. The molecular weight excluding hydrogens is 304 g/mol. The van der Waals surface area contributed by atoms with Crippen molar-refractivity contribution in [3.05, 3.63) is 40.1 Å². The van der Waals surface area contributed by atoms with Crippen molar-refractivity contribution in [3.8, 4) is 11.3 Å². The van der Waals surface area contributed by atoms with E-state index in [-0.39, 0.29) is 15.7 Å². The van der Waals surface area contributed by atoms with Crippen molar-refractivity contribution in [2.45, 2.75) is 6.92 Å². The van der Waals surface area contributed by atoms with Gasteiger partial charge in [0.05, 0.1) is 15.7 Å². The third-order valence-corrected chi connectivity index (χ3v) is 3.21. The highest BCUT2D eigenvalue weighted by atomic mass is 79.9. The van der Waals surface area contributed by atoms with E-state index in [1.54, 1.807) is 14.0 Å². The van der Waals surface area contributed by atoms with Crippen LogP contribution in [0.15, 0.2) is 22.9 Å². The second kappa shape index (κ2) is 4.97. The Bertz CT molecular complexity index is 602. The van der Waals surface area contributed by atoms with Gasteiger partial charge in [-0.2, -0.15) is 0 Å². The lowest BCUT2D eigenvalue weighted by molar-refractivity contribution is 0.584. The molecular formula is C12H10BrF2N3. The van der Waals surface area contributed by atoms with Crippen molar-refractivity contribution in [1.82, 2.24) is 9.97 Å². The quantitative estimate of drug-likeness (QED) is 0.862. The predicted molar refractivity (Wildman–Crippen MR) is 69.4 cm³/mol. The summed E-state index contributed by atoms with van der Waals surface area (Å²) in [6, 6.07) is 2.52. The standard InChI is InChI=1S/C12H10BrF2N3/c1-6-11(17-5-18-12(6)16-2)9-8(14)4-3-7(13)10(9)15/h3-5H,1-2H3,(H,16,17,18). The zero-order chi connectivity index (χ0) is 13.3. The van der Waals surface area contributed by atoms with Crippen LogP contribution in [0, 0.1) is 18.6 Å². The minimum Gasteiger partial charge on any atom is -0.373 e. The van der Waals surface area contributed by atoms with Crippen LogP contribution in [-0.4, -0.2) is 17.0 Å². The summed E-state index contributed by atoms with van der Waals surface area (Å²) in [6.45, 7) is 1.71. The highest BCUT2D eigenvalue weighted by Gasteiger charge is 2.18. The highest BCUT2D eigenvalue weighted by Crippen LogP contribution is 2.32. The van der Waals surface area contributed by atoms with Crippen molar-refractivity contribution < 1.29 is 8.78 Å². The predicted octanol–water partition coefficient (Wildman–Crippen LogP) is 3.53. The number of rotatable bonds is 2. The Kier molecular flexibility index (Phi) is 3.56. The molecule has 0 spiro atoms. The first-order valence-corrected chi connectivity index (χ1v) is 5.98. The van der Waals surface area contributed by atoms with Crippen molar-refractivity contribution in [2.75, 3.05) is 12.4 Å². The average molecular weight is 314 g/mol. The van der Waals surface area contributed by atoms with Crippen LogP contribution < -0.4 is 5.32 Å². The van der Waals surface area contributed by atoms with Gasteiger partial charge in [-0.05, 0) is 35.0 Å². The van der Waals surface area contributed by atoms with Crippen LogP contribution in [0.1, 0.15) is 5.56 Å². The van der Waals surface area contributed by atoms with Gasteiger partial charge >= 0.3 is 0 Å². The van der Waals surface area contributed by atoms with E-state index < -0.39 is 11.6 Å². The molecule has 0 saturated heterocycles. The average Bonchev–Trinajstić information content (AvgIpc) is 2.36. The zero-order valence-corrected chi connectivity index (χ0v) is 11.3. The van der Waals surface area contributed by atoms with Crippen LogP contribution in [0.2, 0.25) is 0 Å². The first-order valence-electron chi connectivity index (χ1n) is 5.19. The minimum atomic E-state index is -0.668. The monoisotopic (exact) mass is 313 g/mol. The van der Waals surface area contributed by atoms with E-state index in [1.807, 2.05) is 0 Å². The van der Waals surface area contributed by atoms with Gasteiger partial charge in [-0.1, -0.05) is 0 Å². The molecule has 0 aliphatic rings. The maximum atomic E-state index is 14.0. The fourth-order valence-electron chi connectivity index (χ4n) is 1.70. The lowest BCUT2D eigenvalue weighted by atomic mass is 10.1. The molecule has 0 atom stereocenters. The summed E-state index contributed by atoms with van der Waals surface area (Å²) in [5.41, 5.74) is 0.683. The molecule has 1 aromatic carbocycles. The van der Waals surface area contributed by atoms with E-state index in [2.05, 4.69) is 31.2 Å². The molecule has 0 aliphatic heterocycles. The maximum absolute atomic E-state index is 14.0. The maximum Gasteiger partial charge on any atom is 0.149 e. The minimum absolute atomic E-state index is 0.152. The molecule has 1 heterocycles. The molecule has 0 amide bonds. The number of halogens is 3. The Labute approximate surface area is 111 Å². The number of anilines is 1. The molecule has 0 fully saturated rings. The highest BCUT2D eigenvalue weighted by molar-refractivity contribution is 9.10. The Morgan fingerprint density at radius 1 is 1.22 bits per heavy atom. The third kappa shape index (κ3) is 2.08. The van der Waals surface area contributed by atoms with Gasteiger partial charge in [0.25, 0.3) is 0 Å².